The van der Waals surface area contributed by atoms with Gasteiger partial charge in [0.2, 0.25) is 0 Å². The van der Waals surface area contributed by atoms with Crippen LogP contribution in [-0.2, 0) is 4.79 Å². The standard InChI is InChI=1S/C21H32O2/c1-13-11-21(3)14(10-19(13)23)4-5-15-16-8-9-20(2,12-22)17(16)6-7-18(15)21/h13-15,18,22H,4-12H2,1-3H3. The largest absolute Gasteiger partial charge is 0.395 e. The molecule has 2 heteroatoms. The van der Waals surface area contributed by atoms with E-state index in [-0.39, 0.29) is 11.3 Å². The quantitative estimate of drug-likeness (QED) is 0.722. The first kappa shape index (κ1) is 15.9. The van der Waals surface area contributed by atoms with Crippen LogP contribution in [0.5, 0.6) is 0 Å². The Bertz CT molecular complexity index is 562. The molecule has 0 amide bonds. The van der Waals surface area contributed by atoms with E-state index in [2.05, 4.69) is 20.8 Å². The molecule has 0 aromatic heterocycles. The van der Waals surface area contributed by atoms with Gasteiger partial charge in [0.15, 0.2) is 0 Å². The number of hydrogen-bond donors (Lipinski definition) is 1. The number of hydrogen-bond acceptors (Lipinski definition) is 2. The van der Waals surface area contributed by atoms with Crippen LogP contribution in [0.4, 0.5) is 0 Å². The van der Waals surface area contributed by atoms with Gasteiger partial charge in [0, 0.05) is 17.8 Å². The number of carbonyl (C=O) groups is 1. The van der Waals surface area contributed by atoms with Crippen molar-refractivity contribution in [2.24, 2.45) is 34.5 Å². The summed E-state index contributed by atoms with van der Waals surface area (Å²) < 4.78 is 0. The molecule has 23 heavy (non-hydrogen) atoms. The summed E-state index contributed by atoms with van der Waals surface area (Å²) in [7, 11) is 0. The molecule has 0 bridgehead atoms. The average Bonchev–Trinajstić information content (AvgIpc) is 2.87. The molecule has 128 valence electrons. The van der Waals surface area contributed by atoms with Crippen molar-refractivity contribution in [1.29, 1.82) is 0 Å². The summed E-state index contributed by atoms with van der Waals surface area (Å²) >= 11 is 0. The number of ketones is 1. The zero-order valence-electron chi connectivity index (χ0n) is 15.0. The SMILES string of the molecule is CC1CC2(C)C(CCC3C4=C(CCC32)C(C)(CO)CC4)CC1=O. The first-order valence-electron chi connectivity index (χ1n) is 9.75. The number of allylic oxidation sites excluding steroid dienone is 1. The van der Waals surface area contributed by atoms with Crippen LogP contribution in [0.2, 0.25) is 0 Å². The van der Waals surface area contributed by atoms with Crippen LogP contribution in [0.3, 0.4) is 0 Å². The third-order valence-corrected chi connectivity index (χ3v) is 8.40. The van der Waals surface area contributed by atoms with Crippen LogP contribution in [0.25, 0.3) is 0 Å². The predicted molar refractivity (Wildman–Crippen MR) is 91.9 cm³/mol. The lowest BCUT2D eigenvalue weighted by molar-refractivity contribution is -0.136. The number of Topliss-reactive ketones (excluding diaryl/α,β-unsaturated/α-hetero) is 1. The van der Waals surface area contributed by atoms with E-state index in [4.69, 9.17) is 0 Å². The lowest BCUT2D eigenvalue weighted by Gasteiger charge is -2.57. The number of fused-ring (bicyclic) bond motifs is 4. The van der Waals surface area contributed by atoms with Crippen LogP contribution in [0.15, 0.2) is 11.1 Å². The Morgan fingerprint density at radius 3 is 2.70 bits per heavy atom. The maximum atomic E-state index is 12.2. The van der Waals surface area contributed by atoms with Gasteiger partial charge in [-0.3, -0.25) is 4.79 Å². The van der Waals surface area contributed by atoms with Crippen molar-refractivity contribution >= 4 is 5.78 Å². The topological polar surface area (TPSA) is 37.3 Å². The third-order valence-electron chi connectivity index (χ3n) is 8.40. The molecule has 4 aliphatic carbocycles. The molecule has 2 saturated carbocycles. The minimum atomic E-state index is 0.0634. The third kappa shape index (κ3) is 2.13. The first-order chi connectivity index (χ1) is 10.9. The molecule has 2 fully saturated rings. The molecule has 6 unspecified atom stereocenters. The average molecular weight is 316 g/mol. The lowest BCUT2D eigenvalue weighted by Crippen LogP contribution is -2.50. The Hall–Kier alpha value is -0.630. The van der Waals surface area contributed by atoms with Gasteiger partial charge in [0.1, 0.15) is 5.78 Å². The fourth-order valence-electron chi connectivity index (χ4n) is 6.94. The Morgan fingerprint density at radius 2 is 1.96 bits per heavy atom. The normalized spacial score (nSPS) is 49.7. The Balaban J connectivity index is 1.67. The minimum Gasteiger partial charge on any atom is -0.395 e. The number of aliphatic hydroxyl groups is 1. The van der Waals surface area contributed by atoms with Gasteiger partial charge in [-0.15, -0.1) is 0 Å². The molecule has 0 aromatic rings. The van der Waals surface area contributed by atoms with Gasteiger partial charge in [-0.1, -0.05) is 31.9 Å². The summed E-state index contributed by atoms with van der Waals surface area (Å²) in [5.74, 6) is 2.91. The summed E-state index contributed by atoms with van der Waals surface area (Å²) in [6.45, 7) is 7.24. The zero-order chi connectivity index (χ0) is 16.4. The van der Waals surface area contributed by atoms with Crippen LogP contribution >= 0.6 is 0 Å². The van der Waals surface area contributed by atoms with Gasteiger partial charge in [-0.2, -0.15) is 0 Å². The van der Waals surface area contributed by atoms with Gasteiger partial charge < -0.3 is 5.11 Å². The summed E-state index contributed by atoms with van der Waals surface area (Å²) in [5.41, 5.74) is 3.77. The molecule has 0 aromatic carbocycles. The van der Waals surface area contributed by atoms with Crippen molar-refractivity contribution in [2.75, 3.05) is 6.61 Å². The minimum absolute atomic E-state index is 0.0634. The molecule has 6 atom stereocenters. The van der Waals surface area contributed by atoms with Crippen molar-refractivity contribution in [3.05, 3.63) is 11.1 Å². The highest BCUT2D eigenvalue weighted by Crippen LogP contribution is 2.63. The highest BCUT2D eigenvalue weighted by molar-refractivity contribution is 5.82. The van der Waals surface area contributed by atoms with E-state index in [1.807, 2.05) is 0 Å². The molecule has 0 spiro atoms. The number of aliphatic hydroxyl groups excluding tert-OH is 1. The van der Waals surface area contributed by atoms with Gasteiger partial charge in [-0.25, -0.2) is 0 Å². The van der Waals surface area contributed by atoms with E-state index >= 15 is 0 Å². The van der Waals surface area contributed by atoms with E-state index < -0.39 is 0 Å². The van der Waals surface area contributed by atoms with Gasteiger partial charge >= 0.3 is 0 Å². The summed E-state index contributed by atoms with van der Waals surface area (Å²) in [6.07, 6.45) is 9.30. The predicted octanol–water partition coefficient (Wildman–Crippen LogP) is 4.52. The first-order valence-corrected chi connectivity index (χ1v) is 9.75. The van der Waals surface area contributed by atoms with Gasteiger partial charge in [-0.05, 0) is 68.1 Å². The molecular formula is C21H32O2. The van der Waals surface area contributed by atoms with Crippen LogP contribution in [0.1, 0.15) is 72.1 Å². The van der Waals surface area contributed by atoms with Crippen molar-refractivity contribution in [3.8, 4) is 0 Å². The zero-order valence-corrected chi connectivity index (χ0v) is 15.0. The molecule has 0 saturated heterocycles. The van der Waals surface area contributed by atoms with E-state index in [9.17, 15) is 9.90 Å². The van der Waals surface area contributed by atoms with Gasteiger partial charge in [0.25, 0.3) is 0 Å². The summed E-state index contributed by atoms with van der Waals surface area (Å²) in [6, 6.07) is 0. The molecule has 1 N–H and O–H groups in total. The van der Waals surface area contributed by atoms with Crippen molar-refractivity contribution in [2.45, 2.75) is 72.1 Å². The van der Waals surface area contributed by atoms with Crippen LogP contribution in [-0.4, -0.2) is 17.5 Å². The molecule has 2 nitrogen and oxygen atoms in total. The molecular weight excluding hydrogens is 284 g/mol. The highest BCUT2D eigenvalue weighted by atomic mass is 16.3. The highest BCUT2D eigenvalue weighted by Gasteiger charge is 2.55. The van der Waals surface area contributed by atoms with E-state index in [1.165, 1.54) is 32.1 Å². The van der Waals surface area contributed by atoms with E-state index in [0.717, 1.165) is 31.1 Å². The summed E-state index contributed by atoms with van der Waals surface area (Å²) in [4.78, 5) is 12.2. The fourth-order valence-corrected chi connectivity index (χ4v) is 6.94. The molecule has 0 radical (unpaired) electrons. The molecule has 4 aliphatic rings. The molecule has 0 heterocycles. The lowest BCUT2D eigenvalue weighted by atomic mass is 9.48. The van der Waals surface area contributed by atoms with Crippen LogP contribution < -0.4 is 0 Å². The second-order valence-electron chi connectivity index (χ2n) is 9.53. The van der Waals surface area contributed by atoms with Crippen molar-refractivity contribution < 1.29 is 9.90 Å². The molecule has 4 rings (SSSR count). The second-order valence-corrected chi connectivity index (χ2v) is 9.53. The van der Waals surface area contributed by atoms with E-state index in [0.29, 0.717) is 23.7 Å². The van der Waals surface area contributed by atoms with Crippen molar-refractivity contribution in [1.82, 2.24) is 0 Å². The monoisotopic (exact) mass is 316 g/mol. The number of carbonyl (C=O) groups excluding carboxylic acids is 1. The van der Waals surface area contributed by atoms with Crippen LogP contribution in [0, 0.1) is 34.5 Å². The Labute approximate surface area is 140 Å². The smallest absolute Gasteiger partial charge is 0.136 e. The maximum absolute atomic E-state index is 12.2. The summed E-state index contributed by atoms with van der Waals surface area (Å²) in [5, 5.41) is 9.89. The van der Waals surface area contributed by atoms with Crippen molar-refractivity contribution in [3.63, 3.8) is 0 Å². The maximum Gasteiger partial charge on any atom is 0.136 e. The second kappa shape index (κ2) is 5.18. The van der Waals surface area contributed by atoms with E-state index in [1.54, 1.807) is 11.1 Å². The Morgan fingerprint density at radius 1 is 1.17 bits per heavy atom. The molecule has 0 aliphatic heterocycles. The Kier molecular flexibility index (Phi) is 3.58. The van der Waals surface area contributed by atoms with Gasteiger partial charge in [0.05, 0.1) is 6.61 Å². The fraction of sp³-hybridized carbons (Fsp3) is 0.857. The number of rotatable bonds is 1.